The van der Waals surface area contributed by atoms with Crippen molar-refractivity contribution >= 4 is 33.2 Å². The van der Waals surface area contributed by atoms with E-state index in [1.165, 1.54) is 4.88 Å². The number of aryl methyl sites for hydroxylation is 1. The van der Waals surface area contributed by atoms with E-state index in [0.717, 1.165) is 16.6 Å². The van der Waals surface area contributed by atoms with Crippen molar-refractivity contribution in [1.82, 2.24) is 10.3 Å². The molecule has 94 valence electrons. The van der Waals surface area contributed by atoms with Crippen molar-refractivity contribution in [1.29, 1.82) is 0 Å². The predicted molar refractivity (Wildman–Crippen MR) is 77.0 cm³/mol. The standard InChI is InChI=1S/C13H13BrN2OS/c1-9-12(18-8-16-9)6-7-15-13(17)10-4-2-3-5-11(10)14/h2-5,8H,6-7H2,1H3,(H,15,17). The molecule has 0 unspecified atom stereocenters. The lowest BCUT2D eigenvalue weighted by Gasteiger charge is -2.06. The molecule has 1 aromatic heterocycles. The molecule has 0 aliphatic carbocycles. The summed E-state index contributed by atoms with van der Waals surface area (Å²) in [5.74, 6) is -0.0513. The van der Waals surface area contributed by atoms with Crippen LogP contribution >= 0.6 is 27.3 Å². The van der Waals surface area contributed by atoms with Crippen molar-refractivity contribution in [3.8, 4) is 0 Å². The van der Waals surface area contributed by atoms with E-state index >= 15 is 0 Å². The summed E-state index contributed by atoms with van der Waals surface area (Å²) in [4.78, 5) is 17.3. The number of benzene rings is 1. The van der Waals surface area contributed by atoms with Gasteiger partial charge >= 0.3 is 0 Å². The number of carbonyl (C=O) groups excluding carboxylic acids is 1. The first-order valence-electron chi connectivity index (χ1n) is 5.60. The highest BCUT2D eigenvalue weighted by Gasteiger charge is 2.08. The van der Waals surface area contributed by atoms with Gasteiger partial charge in [-0.05, 0) is 35.0 Å². The van der Waals surface area contributed by atoms with Gasteiger partial charge in [0.05, 0.1) is 16.8 Å². The van der Waals surface area contributed by atoms with Crippen molar-refractivity contribution in [2.45, 2.75) is 13.3 Å². The van der Waals surface area contributed by atoms with Gasteiger partial charge in [0.2, 0.25) is 0 Å². The minimum Gasteiger partial charge on any atom is -0.352 e. The molecule has 18 heavy (non-hydrogen) atoms. The Morgan fingerprint density at radius 2 is 2.22 bits per heavy atom. The molecule has 3 nitrogen and oxygen atoms in total. The summed E-state index contributed by atoms with van der Waals surface area (Å²) in [7, 11) is 0. The third kappa shape index (κ3) is 3.17. The molecule has 0 aliphatic heterocycles. The molecule has 0 spiro atoms. The zero-order chi connectivity index (χ0) is 13.0. The number of rotatable bonds is 4. The quantitative estimate of drug-likeness (QED) is 0.938. The van der Waals surface area contributed by atoms with Gasteiger partial charge in [0.15, 0.2) is 0 Å². The number of aromatic nitrogens is 1. The molecule has 1 amide bonds. The number of carbonyl (C=O) groups is 1. The molecule has 2 aromatic rings. The first-order valence-corrected chi connectivity index (χ1v) is 7.27. The molecule has 1 aromatic carbocycles. The first kappa shape index (κ1) is 13.2. The third-order valence-electron chi connectivity index (χ3n) is 2.60. The SMILES string of the molecule is Cc1ncsc1CCNC(=O)c1ccccc1Br. The summed E-state index contributed by atoms with van der Waals surface area (Å²) < 4.78 is 0.816. The number of nitrogens with one attached hydrogen (secondary N) is 1. The monoisotopic (exact) mass is 324 g/mol. The lowest BCUT2D eigenvalue weighted by atomic mass is 10.2. The Bertz CT molecular complexity index is 553. The minimum absolute atomic E-state index is 0.0513. The van der Waals surface area contributed by atoms with E-state index in [0.29, 0.717) is 12.1 Å². The molecule has 0 aliphatic rings. The van der Waals surface area contributed by atoms with Crippen LogP contribution in [0.2, 0.25) is 0 Å². The second kappa shape index (κ2) is 6.11. The Labute approximate surface area is 118 Å². The van der Waals surface area contributed by atoms with Gasteiger partial charge in [-0.1, -0.05) is 12.1 Å². The van der Waals surface area contributed by atoms with Crippen molar-refractivity contribution in [3.05, 3.63) is 50.4 Å². The molecule has 2 rings (SSSR count). The highest BCUT2D eigenvalue weighted by Crippen LogP contribution is 2.16. The smallest absolute Gasteiger partial charge is 0.252 e. The van der Waals surface area contributed by atoms with Crippen molar-refractivity contribution in [3.63, 3.8) is 0 Å². The van der Waals surface area contributed by atoms with Crippen molar-refractivity contribution in [2.24, 2.45) is 0 Å². The predicted octanol–water partition coefficient (Wildman–Crippen LogP) is 3.19. The van der Waals surface area contributed by atoms with E-state index in [2.05, 4.69) is 26.2 Å². The zero-order valence-electron chi connectivity index (χ0n) is 9.94. The molecular formula is C13H13BrN2OS. The van der Waals surface area contributed by atoms with Crippen LogP contribution in [0.25, 0.3) is 0 Å². The molecule has 0 fully saturated rings. The van der Waals surface area contributed by atoms with Gasteiger partial charge in [0.25, 0.3) is 5.91 Å². The fraction of sp³-hybridized carbons (Fsp3) is 0.231. The van der Waals surface area contributed by atoms with Crippen LogP contribution in [0.5, 0.6) is 0 Å². The molecule has 0 atom stereocenters. The van der Waals surface area contributed by atoms with Gasteiger partial charge in [-0.25, -0.2) is 4.98 Å². The average molecular weight is 325 g/mol. The molecule has 0 bridgehead atoms. The second-order valence-corrected chi connectivity index (χ2v) is 5.64. The normalized spacial score (nSPS) is 10.3. The Balaban J connectivity index is 1.90. The maximum absolute atomic E-state index is 11.9. The lowest BCUT2D eigenvalue weighted by molar-refractivity contribution is 0.0953. The second-order valence-electron chi connectivity index (χ2n) is 3.85. The molecular weight excluding hydrogens is 312 g/mol. The number of thiazole rings is 1. The molecule has 5 heteroatoms. The van der Waals surface area contributed by atoms with E-state index in [4.69, 9.17) is 0 Å². The van der Waals surface area contributed by atoms with E-state index in [-0.39, 0.29) is 5.91 Å². The Kier molecular flexibility index (Phi) is 4.49. The molecule has 0 saturated heterocycles. The Morgan fingerprint density at radius 3 is 2.89 bits per heavy atom. The van der Waals surface area contributed by atoms with Crippen LogP contribution in [-0.2, 0) is 6.42 Å². The van der Waals surface area contributed by atoms with Gasteiger partial charge in [0.1, 0.15) is 0 Å². The van der Waals surface area contributed by atoms with E-state index in [9.17, 15) is 4.79 Å². The van der Waals surface area contributed by atoms with Gasteiger partial charge in [-0.2, -0.15) is 0 Å². The fourth-order valence-corrected chi connectivity index (χ4v) is 2.84. The summed E-state index contributed by atoms with van der Waals surface area (Å²) in [6.07, 6.45) is 0.826. The minimum atomic E-state index is -0.0513. The van der Waals surface area contributed by atoms with Crippen LogP contribution in [0.1, 0.15) is 20.9 Å². The Hall–Kier alpha value is -1.20. The topological polar surface area (TPSA) is 42.0 Å². The number of hydrogen-bond donors (Lipinski definition) is 1. The summed E-state index contributed by atoms with van der Waals surface area (Å²) in [6, 6.07) is 7.41. The summed E-state index contributed by atoms with van der Waals surface area (Å²) >= 11 is 5.00. The van der Waals surface area contributed by atoms with Crippen LogP contribution < -0.4 is 5.32 Å². The fourth-order valence-electron chi connectivity index (χ4n) is 1.60. The Morgan fingerprint density at radius 1 is 1.44 bits per heavy atom. The lowest BCUT2D eigenvalue weighted by Crippen LogP contribution is -2.25. The molecule has 0 radical (unpaired) electrons. The maximum Gasteiger partial charge on any atom is 0.252 e. The van der Waals surface area contributed by atoms with Crippen LogP contribution in [0.3, 0.4) is 0 Å². The number of amides is 1. The summed E-state index contributed by atoms with van der Waals surface area (Å²) in [5, 5.41) is 2.92. The first-order chi connectivity index (χ1) is 8.68. The maximum atomic E-state index is 11.9. The van der Waals surface area contributed by atoms with Crippen LogP contribution in [-0.4, -0.2) is 17.4 Å². The average Bonchev–Trinajstić information content (AvgIpc) is 2.75. The van der Waals surface area contributed by atoms with E-state index in [1.54, 1.807) is 17.4 Å². The third-order valence-corrected chi connectivity index (χ3v) is 4.29. The molecule has 0 saturated carbocycles. The van der Waals surface area contributed by atoms with Crippen LogP contribution in [0.4, 0.5) is 0 Å². The van der Waals surface area contributed by atoms with Crippen molar-refractivity contribution in [2.75, 3.05) is 6.54 Å². The van der Waals surface area contributed by atoms with E-state index in [1.807, 2.05) is 30.6 Å². The summed E-state index contributed by atoms with van der Waals surface area (Å²) in [5.41, 5.74) is 3.55. The summed E-state index contributed by atoms with van der Waals surface area (Å²) in [6.45, 7) is 2.62. The number of hydrogen-bond acceptors (Lipinski definition) is 3. The van der Waals surface area contributed by atoms with E-state index < -0.39 is 0 Å². The van der Waals surface area contributed by atoms with Gasteiger partial charge < -0.3 is 5.32 Å². The van der Waals surface area contributed by atoms with Crippen LogP contribution in [0.15, 0.2) is 34.2 Å². The molecule has 1 N–H and O–H groups in total. The van der Waals surface area contributed by atoms with Gasteiger partial charge in [-0.3, -0.25) is 4.79 Å². The number of halogens is 1. The van der Waals surface area contributed by atoms with Gasteiger partial charge in [-0.15, -0.1) is 11.3 Å². The number of nitrogens with zero attached hydrogens (tertiary/aromatic N) is 1. The molecule has 1 heterocycles. The van der Waals surface area contributed by atoms with Gasteiger partial charge in [0, 0.05) is 22.3 Å². The largest absolute Gasteiger partial charge is 0.352 e. The highest BCUT2D eigenvalue weighted by atomic mass is 79.9. The highest BCUT2D eigenvalue weighted by molar-refractivity contribution is 9.10. The van der Waals surface area contributed by atoms with Crippen LogP contribution in [0, 0.1) is 6.92 Å². The van der Waals surface area contributed by atoms with Crippen molar-refractivity contribution < 1.29 is 4.79 Å². The zero-order valence-corrected chi connectivity index (χ0v) is 12.3.